The number of non-ortho nitro benzene ring substituents is 1. The average molecular weight is 3250 g/mol. The summed E-state index contributed by atoms with van der Waals surface area (Å²) < 4.78 is 1.93. The Hall–Kier alpha value is -1.51. The molecule has 22 nitrogen and oxygen atoms in total. The van der Waals surface area contributed by atoms with E-state index in [-0.39, 0.29) is 85.0 Å². The number of ketones is 2. The van der Waals surface area contributed by atoms with Crippen LogP contribution in [-0.2, 0) is 33.6 Å². The Labute approximate surface area is 1050 Å². The molecule has 0 spiro atoms. The van der Waals surface area contributed by atoms with Gasteiger partial charge in [-0.3, -0.25) is 24.6 Å². The van der Waals surface area contributed by atoms with E-state index in [0.29, 0.717) is 98.0 Å². The van der Waals surface area contributed by atoms with Crippen LogP contribution in [0.4, 0.5) is 39.8 Å². The Bertz CT molecular complexity index is 4660. The summed E-state index contributed by atoms with van der Waals surface area (Å²) in [7, 11) is 35.3. The molecule has 0 aliphatic heterocycles. The largest absolute Gasteiger partial charge is 0 e. The van der Waals surface area contributed by atoms with Crippen molar-refractivity contribution in [3.63, 3.8) is 0 Å². The molecule has 0 aromatic heterocycles. The molecule has 2 unspecified atom stereocenters. The van der Waals surface area contributed by atoms with Crippen molar-refractivity contribution in [2.45, 2.75) is 153 Å². The minimum atomic E-state index is -0.806. The first-order valence-corrected chi connectivity index (χ1v) is 68.3. The van der Waals surface area contributed by atoms with Crippen molar-refractivity contribution in [3.8, 4) is 5.75 Å². The maximum atomic E-state index is 12.0. The second-order valence-electron chi connectivity index (χ2n) is 38.0. The normalized spacial score (nSPS) is 13.4. The van der Waals surface area contributed by atoms with Gasteiger partial charge in [0.25, 0.3) is 5.69 Å². The van der Waals surface area contributed by atoms with Crippen molar-refractivity contribution in [2.75, 3.05) is 208 Å². The first kappa shape index (κ1) is 162. The molecule has 840 valence electrons. The van der Waals surface area contributed by atoms with E-state index in [1.165, 1.54) is 66.0 Å². The third-order valence-corrected chi connectivity index (χ3v) is 23.0. The summed E-state index contributed by atoms with van der Waals surface area (Å²) in [5.41, 5.74) is 44.1. The van der Waals surface area contributed by atoms with Crippen LogP contribution in [0, 0.1) is 62.4 Å². The van der Waals surface area contributed by atoms with Gasteiger partial charge in [0.2, 0.25) is 0 Å². The van der Waals surface area contributed by atoms with E-state index < -0.39 is 10.5 Å². The Morgan fingerprint density at radius 2 is 0.716 bits per heavy atom. The zero-order valence-electron chi connectivity index (χ0n) is 94.0. The maximum Gasteiger partial charge on any atom is 0 e. The number of halogens is 10. The Balaban J connectivity index is -0.000000247. The van der Waals surface area contributed by atoms with Crippen LogP contribution in [-0.4, -0.2) is 245 Å². The fourth-order valence-corrected chi connectivity index (χ4v) is 17.3. The molecule has 148 heavy (non-hydrogen) atoms. The number of aliphatic hydroxyl groups is 1. The van der Waals surface area contributed by atoms with Crippen molar-refractivity contribution >= 4 is 285 Å². The number of anilines is 5. The van der Waals surface area contributed by atoms with Gasteiger partial charge in [-0.15, -0.1) is 29.1 Å². The number of benzene rings is 8. The van der Waals surface area contributed by atoms with Crippen molar-refractivity contribution in [1.82, 2.24) is 39.2 Å². The van der Waals surface area contributed by atoms with Gasteiger partial charge < -0.3 is 101 Å². The molecule has 8 aromatic rings. The second kappa shape index (κ2) is 96.4. The van der Waals surface area contributed by atoms with Gasteiger partial charge in [-0.25, -0.2) is 0 Å². The predicted molar refractivity (Wildman–Crippen MR) is 730 cm³/mol. The van der Waals surface area contributed by atoms with Crippen LogP contribution < -0.4 is 33.8 Å². The minimum absolute atomic E-state index is 0. The van der Waals surface area contributed by atoms with Crippen LogP contribution in [0.2, 0.25) is 0 Å². The summed E-state index contributed by atoms with van der Waals surface area (Å²) in [5, 5.41) is 38.1. The number of nitrogens with zero attached hydrogens (tertiary/aromatic N) is 10. The van der Waals surface area contributed by atoms with E-state index >= 15 is 0 Å². The zero-order valence-corrected chi connectivity index (χ0v) is 119. The van der Waals surface area contributed by atoms with Crippen LogP contribution in [0.15, 0.2) is 211 Å². The topological polar surface area (TPSA) is 300 Å². The number of hydrogen-bond acceptors (Lipinski definition) is 20. The number of alkyl halides is 6. The number of rotatable bonds is 38. The molecule has 12 atom stereocenters. The van der Waals surface area contributed by atoms with E-state index in [2.05, 4.69) is 433 Å². The Morgan fingerprint density at radius 1 is 0.446 bits per heavy atom. The van der Waals surface area contributed by atoms with E-state index in [9.17, 15) is 29.9 Å². The number of nitro benzene ring substituents is 1. The summed E-state index contributed by atoms with van der Waals surface area (Å²) in [5.74, 6) is 5.09. The molecular formula is C114H188I10N16O6V2. The maximum absolute atomic E-state index is 12.0. The second-order valence-corrected chi connectivity index (χ2v) is 65.1. The number of carbonyl (C=O) groups excluding carboxylic acids is 2. The van der Waals surface area contributed by atoms with Crippen molar-refractivity contribution in [3.05, 3.63) is 266 Å². The quantitative estimate of drug-likeness (QED) is 0.00261. The number of azo groups is 1. The molecule has 0 heterocycles. The van der Waals surface area contributed by atoms with Gasteiger partial charge in [0, 0.05) is 140 Å². The smallest absolute Gasteiger partial charge is 0 e. The number of nitrogen functional groups attached to an aromatic ring is 5. The number of Topliss-reactive ketones (excluding diaryl/α,β-unsaturated/α-hetero) is 2. The van der Waals surface area contributed by atoms with E-state index in [0.717, 1.165) is 86.9 Å². The third-order valence-electron chi connectivity index (χ3n) is 23.0. The van der Waals surface area contributed by atoms with Crippen LogP contribution in [0.1, 0.15) is 202 Å². The molecular weight excluding hydrogens is 3060 g/mol. The SMILES string of the molecule is C.C/C=C(/c1cccc(N)c1)C(C)CN(C)C.C/C=C(\c1cccc(N)c1)C(C)CN(C)C.CC[C@@H](c1cccc(N)c1)[C@@H](C)CN(C)C.CC[C@@H](c1cccc(N=[NH+]C)c1)[C@@H](C)CN(C)C.CC[C@@H](c1cccc(O)c1)[C@@H](C)CN(C)C.CC[C@](O)(c1cccc(N)c1)[C@@H](C)CN(C)C.CI.C[C@@H](CN(C)C)C(=O)c1cccc(N)c1.C[C@@H](CN(C)C)C(=O)c1cccc([N+](=O)[O-])c1.I.IC(I)I.ICI.[CH2-]I.[I][V][I].[V]. The average Bonchev–Trinajstić information content (AvgIpc) is 0.802. The van der Waals surface area contributed by atoms with Crippen LogP contribution in [0.5, 0.6) is 5.75 Å². The van der Waals surface area contributed by atoms with Crippen LogP contribution in [0.25, 0.3) is 11.1 Å². The number of allylic oxidation sites excluding steroid dienone is 2. The first-order valence-electron chi connectivity index (χ1n) is 48.8. The minimum Gasteiger partial charge on any atom is 0 e. The van der Waals surface area contributed by atoms with Gasteiger partial charge in [0.15, 0.2) is 18.6 Å². The molecule has 8 rings (SSSR count). The summed E-state index contributed by atoms with van der Waals surface area (Å²) in [4.78, 5) is 56.4. The number of carbonyl (C=O) groups is 2. The number of nitro groups is 1. The van der Waals surface area contributed by atoms with Crippen molar-refractivity contribution < 1.29 is 57.9 Å². The summed E-state index contributed by atoms with van der Waals surface area (Å²) >= 11 is 20.3. The first-order chi connectivity index (χ1) is 68.1. The van der Waals surface area contributed by atoms with Crippen molar-refractivity contribution in [2.24, 2.45) is 52.5 Å². The molecule has 0 fully saturated rings. The summed E-state index contributed by atoms with van der Waals surface area (Å²) in [6.07, 6.45) is 8.49. The predicted octanol–water partition coefficient (Wildman–Crippen LogP) is 29.3. The molecule has 1 radical (unpaired) electrons. The summed E-state index contributed by atoms with van der Waals surface area (Å²) in [6.45, 7) is 37.8. The molecule has 0 saturated heterocycles. The van der Waals surface area contributed by atoms with Crippen LogP contribution >= 0.6 is 222 Å². The van der Waals surface area contributed by atoms with E-state index in [4.69, 9.17) is 28.7 Å². The zero-order chi connectivity index (χ0) is 113. The number of phenolic OH excluding ortho intramolecular Hbond substituents is 1. The van der Waals surface area contributed by atoms with Crippen molar-refractivity contribution in [1.29, 1.82) is 0 Å². The Kier molecular flexibility index (Phi) is 105. The van der Waals surface area contributed by atoms with Gasteiger partial charge >= 0.3 is 49.4 Å². The molecule has 0 aliphatic rings. The van der Waals surface area contributed by atoms with Crippen LogP contribution in [0.3, 0.4) is 0 Å². The number of nitrogens with two attached hydrogens (primary N) is 5. The number of phenols is 1. The fraction of sp³-hybridized carbons (Fsp3) is 0.518. The molecule has 0 aliphatic carbocycles. The Morgan fingerprint density at radius 3 is 1.01 bits per heavy atom. The molecule has 8 aromatic carbocycles. The summed E-state index contributed by atoms with van der Waals surface area (Å²) in [6, 6.07) is 61.3. The van der Waals surface area contributed by atoms with E-state index in [1.807, 2.05) is 204 Å². The van der Waals surface area contributed by atoms with E-state index in [1.54, 1.807) is 24.3 Å². The fourth-order valence-electron chi connectivity index (χ4n) is 17.3. The number of aromatic hydroxyl groups is 1. The molecule has 0 bridgehead atoms. The van der Waals surface area contributed by atoms with Gasteiger partial charge in [0.1, 0.15) is 11.4 Å². The van der Waals surface area contributed by atoms with Gasteiger partial charge in [-0.05, 0) is 339 Å². The third kappa shape index (κ3) is 75.5. The number of hydrogen-bond donors (Lipinski definition) is 8. The molecule has 13 N–H and O–H groups in total. The van der Waals surface area contributed by atoms with Gasteiger partial charge in [-0.2, -0.15) is 0 Å². The monoisotopic (exact) mass is 3250 g/mol. The van der Waals surface area contributed by atoms with Gasteiger partial charge in [0.05, 0.1) is 13.0 Å². The molecule has 0 saturated carbocycles. The standard InChI is InChI=1S/C15H25N3.C14H24N2O.C14H24N2.2C14H22N2.C14H23NO.C12H16N2O3.C12H18N2O.CHI3.CH2I2.CH3I.CH2I.CH4.3HI.2V/c1-6-15(12(2)11-18(4)5)13-8-7-9-14(10-13)17-16-3;1-5-14(17,11(2)10-16(3)4)12-7-6-8-13(15)9-12;3*1-5-14(11(2)10-16(3)4)12-7-6-8-13(15)9-12;1-5-14(11(2)10-15(3)4)12-7-6-8-13(16)9-12;1-9(8-13(2)3)12(15)10-5-4-6-11(7-10)14(16)17;1-9(8-14(2)3)12(15)10-5-4-6-11(13)7-10;2-1(3)4;2-1-3;2*1-2;;;;;;/h7-10,12,15H,6,11H2,1-5H3;6-9,11,17H,5,10,15H2,1-4H3;6-9,11,14H,5,10,15H2,1-4H3;2*5-9,11H,10,15H2,1-4H3;6-9,11,14,16H,5,10H2,1-4H3;4-7,9H,8H2,1-3H3;4-7,9H,8,13H2,1-3H3;1H;1H2;1H3;1H2;1H4;3*1H;;/q;;;;;;;;;;;-1;;;;;;+2/p-1/b;;;14-5+;14-5-;;;;;;;;;;;;;/t12-,15+;2*11-,14+;;;11-,14+;2*9-;;;;;;;;;;/m000..000........../s1. The molecule has 34 heteroatoms. The molecule has 0 amide bonds. The number of nitrogens with one attached hydrogen (secondary N) is 1. The van der Waals surface area contributed by atoms with Gasteiger partial charge in [-0.1, -0.05) is 335 Å².